The van der Waals surface area contributed by atoms with Crippen molar-refractivity contribution in [2.24, 2.45) is 5.92 Å². The summed E-state index contributed by atoms with van der Waals surface area (Å²) in [6.07, 6.45) is 6.44. The zero-order valence-electron chi connectivity index (χ0n) is 10.0. The molecule has 2 aromatic heterocycles. The third-order valence-electron chi connectivity index (χ3n) is 3.58. The van der Waals surface area contributed by atoms with Crippen molar-refractivity contribution in [3.63, 3.8) is 0 Å². The molecule has 1 aromatic carbocycles. The summed E-state index contributed by atoms with van der Waals surface area (Å²) in [6, 6.07) is 8.45. The molecule has 0 aliphatic heterocycles. The van der Waals surface area contributed by atoms with E-state index >= 15 is 0 Å². The number of aromatic amines is 1. The van der Waals surface area contributed by atoms with Crippen LogP contribution in [0.5, 0.6) is 0 Å². The van der Waals surface area contributed by atoms with Crippen LogP contribution >= 0.6 is 0 Å². The van der Waals surface area contributed by atoms with E-state index in [9.17, 15) is 0 Å². The van der Waals surface area contributed by atoms with E-state index in [1.807, 2.05) is 12.4 Å². The van der Waals surface area contributed by atoms with Gasteiger partial charge in [0.25, 0.3) is 0 Å². The van der Waals surface area contributed by atoms with Gasteiger partial charge in [0.2, 0.25) is 0 Å². The Morgan fingerprint density at radius 3 is 3.11 bits per heavy atom. The third-order valence-corrected chi connectivity index (χ3v) is 3.58. The Kier molecular flexibility index (Phi) is 2.03. The van der Waals surface area contributed by atoms with Gasteiger partial charge in [-0.3, -0.25) is 9.78 Å². The maximum absolute atomic E-state index is 4.43. The van der Waals surface area contributed by atoms with Crippen molar-refractivity contribution in [2.75, 3.05) is 0 Å². The highest BCUT2D eigenvalue weighted by Crippen LogP contribution is 2.32. The SMILES string of the molecule is c1cc(-c2ccc3[nH]ncc3c2)n(CC2CC2)n1. The lowest BCUT2D eigenvalue weighted by molar-refractivity contribution is 0.569. The highest BCUT2D eigenvalue weighted by molar-refractivity contribution is 5.83. The highest BCUT2D eigenvalue weighted by Gasteiger charge is 2.23. The minimum atomic E-state index is 0.835. The molecule has 3 aromatic rings. The molecule has 0 bridgehead atoms. The van der Waals surface area contributed by atoms with Gasteiger partial charge in [-0.1, -0.05) is 6.07 Å². The second-order valence-electron chi connectivity index (χ2n) is 5.01. The Morgan fingerprint density at radius 2 is 2.22 bits per heavy atom. The molecule has 0 amide bonds. The Balaban J connectivity index is 1.78. The standard InChI is InChI=1S/C14H14N4/c1-2-10(1)9-18-14(5-6-16-18)11-3-4-13-12(7-11)8-15-17-13/h3-8,10H,1-2,9H2,(H,15,17). The lowest BCUT2D eigenvalue weighted by atomic mass is 10.1. The lowest BCUT2D eigenvalue weighted by Gasteiger charge is -2.06. The number of fused-ring (bicyclic) bond motifs is 1. The van der Waals surface area contributed by atoms with E-state index in [2.05, 4.69) is 44.2 Å². The van der Waals surface area contributed by atoms with Gasteiger partial charge in [-0.25, -0.2) is 0 Å². The highest BCUT2D eigenvalue weighted by atomic mass is 15.3. The summed E-state index contributed by atoms with van der Waals surface area (Å²) in [4.78, 5) is 0. The molecular formula is C14H14N4. The van der Waals surface area contributed by atoms with Crippen LogP contribution in [0.1, 0.15) is 12.8 Å². The van der Waals surface area contributed by atoms with Gasteiger partial charge in [0, 0.05) is 23.7 Å². The van der Waals surface area contributed by atoms with Crippen LogP contribution in [0, 0.1) is 5.92 Å². The quantitative estimate of drug-likeness (QED) is 0.762. The van der Waals surface area contributed by atoms with Crippen LogP contribution < -0.4 is 0 Å². The molecule has 0 radical (unpaired) electrons. The lowest BCUT2D eigenvalue weighted by Crippen LogP contribution is -2.03. The van der Waals surface area contributed by atoms with Crippen molar-refractivity contribution in [2.45, 2.75) is 19.4 Å². The van der Waals surface area contributed by atoms with E-state index in [4.69, 9.17) is 0 Å². The number of nitrogens with zero attached hydrogens (tertiary/aromatic N) is 3. The van der Waals surface area contributed by atoms with Gasteiger partial charge in [-0.2, -0.15) is 10.2 Å². The molecule has 1 fully saturated rings. The molecule has 1 aliphatic rings. The van der Waals surface area contributed by atoms with Crippen molar-refractivity contribution in [3.8, 4) is 11.3 Å². The van der Waals surface area contributed by atoms with Gasteiger partial charge < -0.3 is 0 Å². The van der Waals surface area contributed by atoms with Gasteiger partial charge >= 0.3 is 0 Å². The number of nitrogens with one attached hydrogen (secondary N) is 1. The zero-order valence-corrected chi connectivity index (χ0v) is 10.0. The second-order valence-corrected chi connectivity index (χ2v) is 5.01. The van der Waals surface area contributed by atoms with E-state index in [0.29, 0.717) is 0 Å². The molecule has 4 nitrogen and oxygen atoms in total. The first kappa shape index (κ1) is 9.88. The first-order chi connectivity index (χ1) is 8.90. The van der Waals surface area contributed by atoms with Crippen molar-refractivity contribution in [1.82, 2.24) is 20.0 Å². The summed E-state index contributed by atoms with van der Waals surface area (Å²) in [5.41, 5.74) is 3.49. The van der Waals surface area contributed by atoms with Gasteiger partial charge in [0.15, 0.2) is 0 Å². The molecule has 90 valence electrons. The van der Waals surface area contributed by atoms with Crippen LogP contribution in [0.3, 0.4) is 0 Å². The van der Waals surface area contributed by atoms with Crippen LogP contribution in [-0.4, -0.2) is 20.0 Å². The fourth-order valence-corrected chi connectivity index (χ4v) is 2.37. The Bertz CT molecular complexity index is 690. The zero-order chi connectivity index (χ0) is 11.9. The molecular weight excluding hydrogens is 224 g/mol. The Morgan fingerprint density at radius 1 is 1.28 bits per heavy atom. The second kappa shape index (κ2) is 3.70. The molecule has 0 saturated heterocycles. The minimum Gasteiger partial charge on any atom is -0.278 e. The van der Waals surface area contributed by atoms with Crippen molar-refractivity contribution >= 4 is 10.9 Å². The fourth-order valence-electron chi connectivity index (χ4n) is 2.37. The maximum Gasteiger partial charge on any atom is 0.0682 e. The van der Waals surface area contributed by atoms with Crippen LogP contribution in [0.15, 0.2) is 36.7 Å². The van der Waals surface area contributed by atoms with E-state index in [1.54, 1.807) is 0 Å². The van der Waals surface area contributed by atoms with E-state index in [-0.39, 0.29) is 0 Å². The predicted molar refractivity (Wildman–Crippen MR) is 70.0 cm³/mol. The predicted octanol–water partition coefficient (Wildman–Crippen LogP) is 2.84. The van der Waals surface area contributed by atoms with Gasteiger partial charge in [-0.05, 0) is 37.0 Å². The van der Waals surface area contributed by atoms with Crippen LogP contribution in [0.2, 0.25) is 0 Å². The molecule has 0 spiro atoms. The van der Waals surface area contributed by atoms with E-state index in [0.717, 1.165) is 23.4 Å². The van der Waals surface area contributed by atoms with Crippen LogP contribution in [-0.2, 0) is 6.54 Å². The number of aromatic nitrogens is 4. The smallest absolute Gasteiger partial charge is 0.0682 e. The van der Waals surface area contributed by atoms with Crippen LogP contribution in [0.4, 0.5) is 0 Å². The fraction of sp³-hybridized carbons (Fsp3) is 0.286. The number of H-pyrrole nitrogens is 1. The Labute approximate surface area is 105 Å². The summed E-state index contributed by atoms with van der Waals surface area (Å²) in [5.74, 6) is 0.835. The molecule has 0 atom stereocenters. The first-order valence-electron chi connectivity index (χ1n) is 6.35. The van der Waals surface area contributed by atoms with Gasteiger partial charge in [-0.15, -0.1) is 0 Å². The normalized spacial score (nSPS) is 15.3. The average molecular weight is 238 g/mol. The molecule has 0 unspecified atom stereocenters. The van der Waals surface area contributed by atoms with E-state index < -0.39 is 0 Å². The number of hydrogen-bond donors (Lipinski definition) is 1. The monoisotopic (exact) mass is 238 g/mol. The number of hydrogen-bond acceptors (Lipinski definition) is 2. The molecule has 1 N–H and O–H groups in total. The molecule has 4 rings (SSSR count). The summed E-state index contributed by atoms with van der Waals surface area (Å²) in [5, 5.41) is 12.6. The molecule has 1 saturated carbocycles. The molecule has 2 heterocycles. The summed E-state index contributed by atoms with van der Waals surface area (Å²) in [7, 11) is 0. The average Bonchev–Trinajstić information content (AvgIpc) is 2.91. The largest absolute Gasteiger partial charge is 0.278 e. The first-order valence-corrected chi connectivity index (χ1v) is 6.35. The van der Waals surface area contributed by atoms with E-state index in [1.165, 1.54) is 24.1 Å². The maximum atomic E-state index is 4.43. The summed E-state index contributed by atoms with van der Waals surface area (Å²) < 4.78 is 2.12. The van der Waals surface area contributed by atoms with Crippen molar-refractivity contribution in [3.05, 3.63) is 36.7 Å². The minimum absolute atomic E-state index is 0.835. The number of rotatable bonds is 3. The summed E-state index contributed by atoms with van der Waals surface area (Å²) >= 11 is 0. The van der Waals surface area contributed by atoms with Crippen molar-refractivity contribution < 1.29 is 0 Å². The topological polar surface area (TPSA) is 46.5 Å². The molecule has 18 heavy (non-hydrogen) atoms. The summed E-state index contributed by atoms with van der Waals surface area (Å²) in [6.45, 7) is 1.05. The Hall–Kier alpha value is -2.10. The third kappa shape index (κ3) is 1.61. The number of benzene rings is 1. The van der Waals surface area contributed by atoms with Crippen LogP contribution in [0.25, 0.3) is 22.2 Å². The van der Waals surface area contributed by atoms with Gasteiger partial charge in [0.05, 0.1) is 17.4 Å². The molecule has 1 aliphatic carbocycles. The van der Waals surface area contributed by atoms with Gasteiger partial charge in [0.1, 0.15) is 0 Å². The van der Waals surface area contributed by atoms with Crippen molar-refractivity contribution in [1.29, 1.82) is 0 Å². The molecule has 4 heteroatoms.